The summed E-state index contributed by atoms with van der Waals surface area (Å²) in [6.45, 7) is 1.27. The third kappa shape index (κ3) is 3.92. The lowest BCUT2D eigenvalue weighted by Crippen LogP contribution is -2.41. The van der Waals surface area contributed by atoms with Crippen molar-refractivity contribution in [3.05, 3.63) is 28.8 Å². The Balaban J connectivity index is 2.95. The highest BCUT2D eigenvalue weighted by atomic mass is 35.5. The SMILES string of the molecule is COc1ccc(Cl)cc1CC(NC(C)=O)C(=O)O. The van der Waals surface area contributed by atoms with Crippen molar-refractivity contribution in [1.82, 2.24) is 5.32 Å². The van der Waals surface area contributed by atoms with Crippen LogP contribution >= 0.6 is 11.6 Å². The van der Waals surface area contributed by atoms with Crippen molar-refractivity contribution in [3.8, 4) is 5.75 Å². The maximum atomic E-state index is 11.0. The molecule has 1 aromatic rings. The molecule has 18 heavy (non-hydrogen) atoms. The number of carbonyl (C=O) groups excluding carboxylic acids is 1. The van der Waals surface area contributed by atoms with E-state index in [2.05, 4.69) is 5.32 Å². The van der Waals surface area contributed by atoms with Crippen LogP contribution in [0.5, 0.6) is 5.75 Å². The Morgan fingerprint density at radius 2 is 2.17 bits per heavy atom. The van der Waals surface area contributed by atoms with Crippen LogP contribution in [0.25, 0.3) is 0 Å². The topological polar surface area (TPSA) is 75.6 Å². The molecular formula is C12H14ClNO4. The van der Waals surface area contributed by atoms with E-state index in [1.54, 1.807) is 18.2 Å². The third-order valence-corrected chi connectivity index (χ3v) is 2.58. The van der Waals surface area contributed by atoms with Crippen LogP contribution in [0, 0.1) is 0 Å². The Labute approximate surface area is 110 Å². The van der Waals surface area contributed by atoms with Gasteiger partial charge in [0.15, 0.2) is 0 Å². The summed E-state index contributed by atoms with van der Waals surface area (Å²) in [5, 5.41) is 11.9. The Kier molecular flexibility index (Phi) is 4.97. The van der Waals surface area contributed by atoms with Gasteiger partial charge in [0, 0.05) is 18.4 Å². The average molecular weight is 272 g/mol. The Bertz CT molecular complexity index is 461. The minimum atomic E-state index is -1.10. The number of carbonyl (C=O) groups is 2. The molecule has 0 bridgehead atoms. The predicted molar refractivity (Wildman–Crippen MR) is 66.9 cm³/mol. The zero-order valence-electron chi connectivity index (χ0n) is 10.1. The van der Waals surface area contributed by atoms with Crippen LogP contribution in [-0.2, 0) is 16.0 Å². The number of aliphatic carboxylic acids is 1. The molecule has 0 spiro atoms. The molecule has 0 saturated carbocycles. The van der Waals surface area contributed by atoms with Crippen molar-refractivity contribution >= 4 is 23.5 Å². The van der Waals surface area contributed by atoms with Crippen LogP contribution in [0.15, 0.2) is 18.2 Å². The molecule has 1 amide bonds. The number of amides is 1. The average Bonchev–Trinajstić information content (AvgIpc) is 2.27. The smallest absolute Gasteiger partial charge is 0.326 e. The molecule has 2 N–H and O–H groups in total. The van der Waals surface area contributed by atoms with Gasteiger partial charge in [0.2, 0.25) is 5.91 Å². The molecule has 1 atom stereocenters. The van der Waals surface area contributed by atoms with Crippen LogP contribution < -0.4 is 10.1 Å². The van der Waals surface area contributed by atoms with E-state index in [4.69, 9.17) is 21.4 Å². The fraction of sp³-hybridized carbons (Fsp3) is 0.333. The molecule has 1 aromatic carbocycles. The van der Waals surface area contributed by atoms with Crippen LogP contribution in [0.2, 0.25) is 5.02 Å². The Hall–Kier alpha value is -1.75. The van der Waals surface area contributed by atoms with Gasteiger partial charge in [-0.3, -0.25) is 4.79 Å². The zero-order valence-corrected chi connectivity index (χ0v) is 10.8. The number of halogens is 1. The highest BCUT2D eigenvalue weighted by Gasteiger charge is 2.20. The van der Waals surface area contributed by atoms with E-state index >= 15 is 0 Å². The maximum absolute atomic E-state index is 11.0. The molecule has 6 heteroatoms. The minimum absolute atomic E-state index is 0.110. The maximum Gasteiger partial charge on any atom is 0.326 e. The highest BCUT2D eigenvalue weighted by molar-refractivity contribution is 6.30. The van der Waals surface area contributed by atoms with Crippen molar-refractivity contribution in [2.45, 2.75) is 19.4 Å². The zero-order chi connectivity index (χ0) is 13.7. The number of nitrogens with one attached hydrogen (secondary N) is 1. The Morgan fingerprint density at radius 3 is 2.67 bits per heavy atom. The number of carboxylic acid groups (broad SMARTS) is 1. The first-order valence-electron chi connectivity index (χ1n) is 5.26. The van der Waals surface area contributed by atoms with Gasteiger partial charge in [-0.1, -0.05) is 11.6 Å². The van der Waals surface area contributed by atoms with Gasteiger partial charge < -0.3 is 15.2 Å². The number of methoxy groups -OCH3 is 1. The van der Waals surface area contributed by atoms with Crippen molar-refractivity contribution in [2.24, 2.45) is 0 Å². The summed E-state index contributed by atoms with van der Waals surface area (Å²) in [5.74, 6) is -0.966. The van der Waals surface area contributed by atoms with Crippen LogP contribution in [0.1, 0.15) is 12.5 Å². The molecule has 0 heterocycles. The second-order valence-corrected chi connectivity index (χ2v) is 4.19. The summed E-state index contributed by atoms with van der Waals surface area (Å²) in [6.07, 6.45) is 0.110. The van der Waals surface area contributed by atoms with Crippen LogP contribution in [-0.4, -0.2) is 30.1 Å². The van der Waals surface area contributed by atoms with Gasteiger partial charge in [-0.15, -0.1) is 0 Å². The largest absolute Gasteiger partial charge is 0.496 e. The lowest BCUT2D eigenvalue weighted by atomic mass is 10.0. The molecule has 98 valence electrons. The lowest BCUT2D eigenvalue weighted by Gasteiger charge is -2.15. The van der Waals surface area contributed by atoms with Crippen LogP contribution in [0.3, 0.4) is 0 Å². The first kappa shape index (κ1) is 14.3. The minimum Gasteiger partial charge on any atom is -0.496 e. The fourth-order valence-electron chi connectivity index (χ4n) is 1.57. The molecule has 1 unspecified atom stereocenters. The molecule has 0 radical (unpaired) electrons. The van der Waals surface area contributed by atoms with Gasteiger partial charge in [0.25, 0.3) is 0 Å². The normalized spacial score (nSPS) is 11.7. The summed E-state index contributed by atoms with van der Waals surface area (Å²) in [4.78, 5) is 22.0. The number of benzene rings is 1. The van der Waals surface area contributed by atoms with Crippen LogP contribution in [0.4, 0.5) is 0 Å². The second kappa shape index (κ2) is 6.26. The summed E-state index contributed by atoms with van der Waals surface area (Å²) in [5.41, 5.74) is 0.631. The van der Waals surface area contributed by atoms with E-state index in [1.165, 1.54) is 14.0 Å². The quantitative estimate of drug-likeness (QED) is 0.851. The highest BCUT2D eigenvalue weighted by Crippen LogP contribution is 2.23. The van der Waals surface area contributed by atoms with E-state index in [1.807, 2.05) is 0 Å². The molecule has 0 aliphatic rings. The summed E-state index contributed by atoms with van der Waals surface area (Å²) in [7, 11) is 1.49. The van der Waals surface area contributed by atoms with Crippen molar-refractivity contribution in [2.75, 3.05) is 7.11 Å². The summed E-state index contributed by atoms with van der Waals surface area (Å²) in [6, 6.07) is 3.93. The molecule has 5 nitrogen and oxygen atoms in total. The molecule has 1 rings (SSSR count). The standard InChI is InChI=1S/C12H14ClNO4/c1-7(15)14-10(12(16)17)6-8-5-9(13)3-4-11(8)18-2/h3-5,10H,6H2,1-2H3,(H,14,15)(H,16,17). The molecule has 0 saturated heterocycles. The Morgan fingerprint density at radius 1 is 1.50 bits per heavy atom. The van der Waals surface area contributed by atoms with Gasteiger partial charge in [0.1, 0.15) is 11.8 Å². The van der Waals surface area contributed by atoms with Crippen molar-refractivity contribution < 1.29 is 19.4 Å². The van der Waals surface area contributed by atoms with E-state index in [-0.39, 0.29) is 6.42 Å². The number of hydrogen-bond acceptors (Lipinski definition) is 3. The van der Waals surface area contributed by atoms with Gasteiger partial charge in [-0.05, 0) is 23.8 Å². The fourth-order valence-corrected chi connectivity index (χ4v) is 1.77. The number of hydrogen-bond donors (Lipinski definition) is 2. The molecule has 0 aromatic heterocycles. The molecule has 0 aliphatic heterocycles. The first-order chi connectivity index (χ1) is 8.43. The predicted octanol–water partition coefficient (Wildman–Crippen LogP) is 1.48. The number of carboxylic acids is 1. The summed E-state index contributed by atoms with van der Waals surface area (Å²) < 4.78 is 5.12. The first-order valence-corrected chi connectivity index (χ1v) is 5.64. The van der Waals surface area contributed by atoms with Gasteiger partial charge >= 0.3 is 5.97 Å². The van der Waals surface area contributed by atoms with Gasteiger partial charge in [-0.2, -0.15) is 0 Å². The molecular weight excluding hydrogens is 258 g/mol. The van der Waals surface area contributed by atoms with Crippen molar-refractivity contribution in [1.29, 1.82) is 0 Å². The number of ether oxygens (including phenoxy) is 1. The van der Waals surface area contributed by atoms with Gasteiger partial charge in [-0.25, -0.2) is 4.79 Å². The van der Waals surface area contributed by atoms with E-state index in [9.17, 15) is 9.59 Å². The lowest BCUT2D eigenvalue weighted by molar-refractivity contribution is -0.141. The second-order valence-electron chi connectivity index (χ2n) is 3.75. The molecule has 0 fully saturated rings. The summed E-state index contributed by atoms with van der Waals surface area (Å²) >= 11 is 5.85. The molecule has 0 aliphatic carbocycles. The number of rotatable bonds is 5. The third-order valence-electron chi connectivity index (χ3n) is 2.34. The monoisotopic (exact) mass is 271 g/mol. The van der Waals surface area contributed by atoms with E-state index in [0.717, 1.165) is 0 Å². The van der Waals surface area contributed by atoms with E-state index < -0.39 is 17.9 Å². The van der Waals surface area contributed by atoms with Gasteiger partial charge in [0.05, 0.1) is 7.11 Å². The van der Waals surface area contributed by atoms with Crippen molar-refractivity contribution in [3.63, 3.8) is 0 Å². The van der Waals surface area contributed by atoms with E-state index in [0.29, 0.717) is 16.3 Å².